The Labute approximate surface area is 65.6 Å². The summed E-state index contributed by atoms with van der Waals surface area (Å²) < 4.78 is 0. The summed E-state index contributed by atoms with van der Waals surface area (Å²) in [5.41, 5.74) is 0. The summed E-state index contributed by atoms with van der Waals surface area (Å²) in [5, 5.41) is 0. The second kappa shape index (κ2) is 15.9. The molecule has 1 nitrogen and oxygen atoms in total. The lowest BCUT2D eigenvalue weighted by Gasteiger charge is -1.88. The van der Waals surface area contributed by atoms with Gasteiger partial charge in [-0.2, -0.15) is 0 Å². The number of hydrogen-bond acceptors (Lipinski definition) is 1. The van der Waals surface area contributed by atoms with Gasteiger partial charge in [-0.15, -0.1) is 0 Å². The average Bonchev–Trinajstić information content (AvgIpc) is 2.02. The number of unbranched alkanes of at least 4 members (excludes halogenated alkanes) is 3. The molecule has 0 N–H and O–H groups in total. The van der Waals surface area contributed by atoms with Crippen molar-refractivity contribution in [3.8, 4) is 0 Å². The highest BCUT2D eigenvalue weighted by Gasteiger charge is 1.79. The fourth-order valence-corrected chi connectivity index (χ4v) is 0.615. The molecule has 0 spiro atoms. The van der Waals surface area contributed by atoms with Crippen LogP contribution in [-0.2, 0) is 0 Å². The standard InChI is InChI=1S/C7H15N.C2H6/c1-3-4-5-6-7-8-2;1-2/h7H,3-6H2,1-2H3;1-2H3. The van der Waals surface area contributed by atoms with E-state index in [1.807, 2.05) is 27.1 Å². The SMILES string of the molecule is CC.CCCCCC=NC. The van der Waals surface area contributed by atoms with Crippen molar-refractivity contribution in [3.63, 3.8) is 0 Å². The van der Waals surface area contributed by atoms with Crippen molar-refractivity contribution in [2.24, 2.45) is 4.99 Å². The number of hydrogen-bond donors (Lipinski definition) is 0. The van der Waals surface area contributed by atoms with Gasteiger partial charge in [0.25, 0.3) is 0 Å². The lowest BCUT2D eigenvalue weighted by atomic mass is 10.2. The monoisotopic (exact) mass is 143 g/mol. The maximum absolute atomic E-state index is 3.88. The van der Waals surface area contributed by atoms with Gasteiger partial charge in [-0.05, 0) is 19.1 Å². The van der Waals surface area contributed by atoms with E-state index in [0.29, 0.717) is 0 Å². The van der Waals surface area contributed by atoms with E-state index < -0.39 is 0 Å². The zero-order chi connectivity index (χ0) is 8.24. The first kappa shape index (κ1) is 12.4. The molecule has 0 unspecified atom stereocenters. The highest BCUT2D eigenvalue weighted by Crippen LogP contribution is 1.95. The Kier molecular flexibility index (Phi) is 19.6. The molecule has 0 aromatic heterocycles. The van der Waals surface area contributed by atoms with Crippen LogP contribution in [0.2, 0.25) is 0 Å². The molecule has 0 aliphatic heterocycles. The number of rotatable bonds is 4. The second-order valence-corrected chi connectivity index (χ2v) is 1.94. The Morgan fingerprint density at radius 3 is 2.20 bits per heavy atom. The molecule has 1 heteroatoms. The molecule has 0 rings (SSSR count). The quantitative estimate of drug-likeness (QED) is 0.423. The summed E-state index contributed by atoms with van der Waals surface area (Å²) in [6.45, 7) is 6.21. The minimum Gasteiger partial charge on any atom is -0.301 e. The van der Waals surface area contributed by atoms with Crippen LogP contribution in [-0.4, -0.2) is 13.3 Å². The van der Waals surface area contributed by atoms with Crippen LogP contribution >= 0.6 is 0 Å². The first-order chi connectivity index (χ1) is 4.91. The Hall–Kier alpha value is -0.330. The van der Waals surface area contributed by atoms with Gasteiger partial charge in [0, 0.05) is 7.05 Å². The van der Waals surface area contributed by atoms with E-state index in [1.54, 1.807) is 0 Å². The molecule has 0 amide bonds. The topological polar surface area (TPSA) is 12.4 Å². The first-order valence-corrected chi connectivity index (χ1v) is 4.32. The third-order valence-electron chi connectivity index (χ3n) is 1.12. The molecule has 0 saturated heterocycles. The van der Waals surface area contributed by atoms with Gasteiger partial charge >= 0.3 is 0 Å². The van der Waals surface area contributed by atoms with Crippen molar-refractivity contribution in [1.82, 2.24) is 0 Å². The molecule has 10 heavy (non-hydrogen) atoms. The summed E-state index contributed by atoms with van der Waals surface area (Å²) in [7, 11) is 1.83. The summed E-state index contributed by atoms with van der Waals surface area (Å²) in [5.74, 6) is 0. The smallest absolute Gasteiger partial charge is 0.0273 e. The number of aliphatic imine (C=N–C) groups is 1. The van der Waals surface area contributed by atoms with Crippen LogP contribution in [0.3, 0.4) is 0 Å². The van der Waals surface area contributed by atoms with Crippen molar-refractivity contribution >= 4 is 6.21 Å². The lowest BCUT2D eigenvalue weighted by molar-refractivity contribution is 0.746. The molecule has 0 fully saturated rings. The minimum atomic E-state index is 1.16. The minimum absolute atomic E-state index is 1.16. The molecule has 0 radical (unpaired) electrons. The van der Waals surface area contributed by atoms with Crippen molar-refractivity contribution < 1.29 is 0 Å². The summed E-state index contributed by atoms with van der Waals surface area (Å²) >= 11 is 0. The second-order valence-electron chi connectivity index (χ2n) is 1.94. The van der Waals surface area contributed by atoms with Gasteiger partial charge in [0.2, 0.25) is 0 Å². The molecule has 0 bridgehead atoms. The summed E-state index contributed by atoms with van der Waals surface area (Å²) in [6, 6.07) is 0. The van der Waals surface area contributed by atoms with Crippen molar-refractivity contribution in [2.45, 2.75) is 46.5 Å². The largest absolute Gasteiger partial charge is 0.301 e. The van der Waals surface area contributed by atoms with Crippen LogP contribution in [0.15, 0.2) is 4.99 Å². The predicted octanol–water partition coefficient (Wildman–Crippen LogP) is 3.29. The van der Waals surface area contributed by atoms with Gasteiger partial charge in [-0.1, -0.05) is 33.6 Å². The highest BCUT2D eigenvalue weighted by molar-refractivity contribution is 5.56. The molecule has 0 aliphatic rings. The van der Waals surface area contributed by atoms with Crippen LogP contribution < -0.4 is 0 Å². The van der Waals surface area contributed by atoms with E-state index in [-0.39, 0.29) is 0 Å². The van der Waals surface area contributed by atoms with Crippen LogP contribution in [0, 0.1) is 0 Å². The highest BCUT2D eigenvalue weighted by atomic mass is 14.6. The Morgan fingerprint density at radius 1 is 1.20 bits per heavy atom. The lowest BCUT2D eigenvalue weighted by Crippen LogP contribution is -1.75. The fourth-order valence-electron chi connectivity index (χ4n) is 0.615. The van der Waals surface area contributed by atoms with E-state index >= 15 is 0 Å². The molecule has 62 valence electrons. The van der Waals surface area contributed by atoms with Crippen LogP contribution in [0.4, 0.5) is 0 Å². The Morgan fingerprint density at radius 2 is 1.80 bits per heavy atom. The fraction of sp³-hybridized carbons (Fsp3) is 0.889. The van der Waals surface area contributed by atoms with Crippen LogP contribution in [0.5, 0.6) is 0 Å². The molecule has 0 aromatic carbocycles. The van der Waals surface area contributed by atoms with Gasteiger partial charge < -0.3 is 4.99 Å². The molecular formula is C9H21N. The van der Waals surface area contributed by atoms with Gasteiger partial charge in [0.05, 0.1) is 0 Å². The molecule has 0 heterocycles. The van der Waals surface area contributed by atoms with Gasteiger partial charge in [-0.25, -0.2) is 0 Å². The summed E-state index contributed by atoms with van der Waals surface area (Å²) in [6.07, 6.45) is 7.08. The van der Waals surface area contributed by atoms with Gasteiger partial charge in [0.15, 0.2) is 0 Å². The van der Waals surface area contributed by atoms with E-state index in [2.05, 4.69) is 11.9 Å². The summed E-state index contributed by atoms with van der Waals surface area (Å²) in [4.78, 5) is 3.88. The van der Waals surface area contributed by atoms with Crippen molar-refractivity contribution in [3.05, 3.63) is 0 Å². The van der Waals surface area contributed by atoms with Crippen molar-refractivity contribution in [2.75, 3.05) is 7.05 Å². The van der Waals surface area contributed by atoms with Crippen LogP contribution in [0.25, 0.3) is 0 Å². The van der Waals surface area contributed by atoms with E-state index in [4.69, 9.17) is 0 Å². The van der Waals surface area contributed by atoms with Crippen molar-refractivity contribution in [1.29, 1.82) is 0 Å². The van der Waals surface area contributed by atoms with Crippen LogP contribution in [0.1, 0.15) is 46.5 Å². The first-order valence-electron chi connectivity index (χ1n) is 4.32. The molecule has 0 atom stereocenters. The number of nitrogens with zero attached hydrogens (tertiary/aromatic N) is 1. The Balaban J connectivity index is 0. The van der Waals surface area contributed by atoms with E-state index in [1.165, 1.54) is 19.3 Å². The average molecular weight is 143 g/mol. The third kappa shape index (κ3) is 15.6. The van der Waals surface area contributed by atoms with Gasteiger partial charge in [0.1, 0.15) is 0 Å². The predicted molar refractivity (Wildman–Crippen MR) is 49.9 cm³/mol. The Bertz CT molecular complexity index is 57.7. The molecular weight excluding hydrogens is 122 g/mol. The molecule has 0 saturated carbocycles. The van der Waals surface area contributed by atoms with E-state index in [9.17, 15) is 0 Å². The van der Waals surface area contributed by atoms with Gasteiger partial charge in [-0.3, -0.25) is 0 Å². The maximum Gasteiger partial charge on any atom is 0.0273 e. The normalized spacial score (nSPS) is 9.20. The third-order valence-corrected chi connectivity index (χ3v) is 1.12. The maximum atomic E-state index is 3.88. The zero-order valence-corrected chi connectivity index (χ0v) is 7.85. The van der Waals surface area contributed by atoms with E-state index in [0.717, 1.165) is 6.42 Å². The molecule has 0 aliphatic carbocycles. The zero-order valence-electron chi connectivity index (χ0n) is 7.85. The molecule has 0 aromatic rings.